The zero-order valence-electron chi connectivity index (χ0n) is 12.3. The first-order chi connectivity index (χ1) is 11.7. The van der Waals surface area contributed by atoms with E-state index in [0.29, 0.717) is 15.6 Å². The highest BCUT2D eigenvalue weighted by Gasteiger charge is 2.09. The van der Waals surface area contributed by atoms with E-state index in [1.54, 1.807) is 6.20 Å². The summed E-state index contributed by atoms with van der Waals surface area (Å²) >= 11 is 10.8. The molecule has 3 nitrogen and oxygen atoms in total. The quantitative estimate of drug-likeness (QED) is 0.515. The van der Waals surface area contributed by atoms with Gasteiger partial charge in [-0.05, 0) is 30.3 Å². The normalized spacial score (nSPS) is 11.1. The van der Waals surface area contributed by atoms with Gasteiger partial charge in [-0.15, -0.1) is 11.3 Å². The van der Waals surface area contributed by atoms with Crippen LogP contribution in [0.5, 0.6) is 0 Å². The first-order valence-electron chi connectivity index (χ1n) is 7.00. The molecule has 1 aromatic heterocycles. The molecule has 0 atom stereocenters. The molecule has 118 valence electrons. The summed E-state index contributed by atoms with van der Waals surface area (Å²) in [5.74, 6) is 0. The standard InChI is InChI=1S/C18H11BrClN3S/c19-14-2-1-3-16(8-14)22-10-13(9-21)18-23-17(11-24-18)12-4-6-15(20)7-5-12/h1-8,10-11,22H. The molecule has 0 amide bonds. The van der Waals surface area contributed by atoms with Crippen LogP contribution >= 0.6 is 38.9 Å². The predicted octanol–water partition coefficient (Wildman–Crippen LogP) is 6.20. The molecule has 0 aliphatic carbocycles. The highest BCUT2D eigenvalue weighted by Crippen LogP contribution is 2.27. The highest BCUT2D eigenvalue weighted by atomic mass is 79.9. The lowest BCUT2D eigenvalue weighted by atomic mass is 10.2. The van der Waals surface area contributed by atoms with Crippen LogP contribution in [0.2, 0.25) is 5.02 Å². The van der Waals surface area contributed by atoms with E-state index in [0.717, 1.165) is 21.4 Å². The molecule has 6 heteroatoms. The largest absolute Gasteiger partial charge is 0.360 e. The number of aromatic nitrogens is 1. The molecule has 0 fully saturated rings. The summed E-state index contributed by atoms with van der Waals surface area (Å²) in [4.78, 5) is 4.55. The second-order valence-corrected chi connectivity index (χ2v) is 7.08. The van der Waals surface area contributed by atoms with E-state index in [2.05, 4.69) is 32.3 Å². The predicted molar refractivity (Wildman–Crippen MR) is 104 cm³/mol. The summed E-state index contributed by atoms with van der Waals surface area (Å²) in [7, 11) is 0. The summed E-state index contributed by atoms with van der Waals surface area (Å²) in [6, 6.07) is 17.4. The lowest BCUT2D eigenvalue weighted by Gasteiger charge is -2.01. The van der Waals surface area contributed by atoms with Gasteiger partial charge in [-0.2, -0.15) is 5.26 Å². The minimum atomic E-state index is 0.486. The molecule has 0 aliphatic heterocycles. The van der Waals surface area contributed by atoms with Crippen molar-refractivity contribution >= 4 is 50.1 Å². The van der Waals surface area contributed by atoms with Crippen molar-refractivity contribution < 1.29 is 0 Å². The van der Waals surface area contributed by atoms with Crippen molar-refractivity contribution in [3.05, 3.63) is 74.6 Å². The number of hydrogen-bond acceptors (Lipinski definition) is 4. The van der Waals surface area contributed by atoms with Crippen molar-refractivity contribution in [1.82, 2.24) is 4.98 Å². The fraction of sp³-hybridized carbons (Fsp3) is 0. The fourth-order valence-corrected chi connectivity index (χ4v) is 3.35. The van der Waals surface area contributed by atoms with Crippen LogP contribution in [0.15, 0.2) is 64.6 Å². The molecule has 0 radical (unpaired) electrons. The van der Waals surface area contributed by atoms with E-state index in [9.17, 15) is 5.26 Å². The Labute approximate surface area is 157 Å². The second-order valence-electron chi connectivity index (χ2n) is 4.87. The summed E-state index contributed by atoms with van der Waals surface area (Å²) < 4.78 is 0.971. The van der Waals surface area contributed by atoms with Crippen LogP contribution in [-0.2, 0) is 0 Å². The number of nitrogens with zero attached hydrogens (tertiary/aromatic N) is 2. The molecule has 3 aromatic rings. The van der Waals surface area contributed by atoms with E-state index in [1.165, 1.54) is 11.3 Å². The molecule has 0 saturated heterocycles. The van der Waals surface area contributed by atoms with Crippen LogP contribution in [0.1, 0.15) is 5.01 Å². The third-order valence-electron chi connectivity index (χ3n) is 3.20. The molecule has 24 heavy (non-hydrogen) atoms. The fourth-order valence-electron chi connectivity index (χ4n) is 2.03. The van der Waals surface area contributed by atoms with Gasteiger partial charge >= 0.3 is 0 Å². The Balaban J connectivity index is 1.82. The number of nitriles is 1. The zero-order chi connectivity index (χ0) is 16.9. The van der Waals surface area contributed by atoms with Gasteiger partial charge in [0.15, 0.2) is 0 Å². The molecule has 0 bridgehead atoms. The van der Waals surface area contributed by atoms with Crippen LogP contribution < -0.4 is 5.32 Å². The molecule has 1 heterocycles. The lowest BCUT2D eigenvalue weighted by molar-refractivity contribution is 1.36. The molecule has 3 rings (SSSR count). The molecule has 0 unspecified atom stereocenters. The zero-order valence-corrected chi connectivity index (χ0v) is 15.5. The molecule has 1 N–H and O–H groups in total. The van der Waals surface area contributed by atoms with Crippen LogP contribution in [0.4, 0.5) is 5.69 Å². The minimum absolute atomic E-state index is 0.486. The molecule has 0 aliphatic rings. The Kier molecular flexibility index (Phi) is 5.31. The number of thiazole rings is 1. The van der Waals surface area contributed by atoms with Crippen molar-refractivity contribution in [3.8, 4) is 17.3 Å². The topological polar surface area (TPSA) is 48.7 Å². The number of rotatable bonds is 4. The number of halogens is 2. The SMILES string of the molecule is N#CC(=CNc1cccc(Br)c1)c1nc(-c2ccc(Cl)cc2)cs1. The number of benzene rings is 2. The lowest BCUT2D eigenvalue weighted by Crippen LogP contribution is -1.91. The molecule has 2 aromatic carbocycles. The van der Waals surface area contributed by atoms with Crippen LogP contribution in [0, 0.1) is 11.3 Å². The van der Waals surface area contributed by atoms with E-state index < -0.39 is 0 Å². The Morgan fingerprint density at radius 3 is 2.75 bits per heavy atom. The average molecular weight is 417 g/mol. The van der Waals surface area contributed by atoms with Crippen molar-refractivity contribution in [2.45, 2.75) is 0 Å². The Morgan fingerprint density at radius 2 is 2.04 bits per heavy atom. The highest BCUT2D eigenvalue weighted by molar-refractivity contribution is 9.10. The molecule has 0 saturated carbocycles. The van der Waals surface area contributed by atoms with Crippen LogP contribution in [-0.4, -0.2) is 4.98 Å². The van der Waals surface area contributed by atoms with E-state index >= 15 is 0 Å². The number of hydrogen-bond donors (Lipinski definition) is 1. The van der Waals surface area contributed by atoms with Crippen molar-refractivity contribution in [1.29, 1.82) is 5.26 Å². The van der Waals surface area contributed by atoms with E-state index in [1.807, 2.05) is 53.9 Å². The average Bonchev–Trinajstić information content (AvgIpc) is 3.06. The number of anilines is 1. The van der Waals surface area contributed by atoms with E-state index in [-0.39, 0.29) is 0 Å². The first-order valence-corrected chi connectivity index (χ1v) is 9.05. The molecule has 0 spiro atoms. The van der Waals surface area contributed by atoms with Gasteiger partial charge in [0.1, 0.15) is 16.6 Å². The smallest absolute Gasteiger partial charge is 0.136 e. The van der Waals surface area contributed by atoms with Gasteiger partial charge in [-0.3, -0.25) is 0 Å². The van der Waals surface area contributed by atoms with Gasteiger partial charge in [0.2, 0.25) is 0 Å². The minimum Gasteiger partial charge on any atom is -0.360 e. The summed E-state index contributed by atoms with van der Waals surface area (Å²) in [6.07, 6.45) is 1.67. The van der Waals surface area contributed by atoms with Crippen molar-refractivity contribution in [2.75, 3.05) is 5.32 Å². The summed E-state index contributed by atoms with van der Waals surface area (Å²) in [5.41, 5.74) is 3.18. The summed E-state index contributed by atoms with van der Waals surface area (Å²) in [6.45, 7) is 0. The Bertz CT molecular complexity index is 926. The van der Waals surface area contributed by atoms with E-state index in [4.69, 9.17) is 11.6 Å². The monoisotopic (exact) mass is 415 g/mol. The van der Waals surface area contributed by atoms with Gasteiger partial charge < -0.3 is 5.32 Å². The van der Waals surface area contributed by atoms with Crippen molar-refractivity contribution in [2.24, 2.45) is 0 Å². The molecular weight excluding hydrogens is 406 g/mol. The number of allylic oxidation sites excluding steroid dienone is 1. The second kappa shape index (κ2) is 7.63. The van der Waals surface area contributed by atoms with Gasteiger partial charge in [0, 0.05) is 32.3 Å². The first kappa shape index (κ1) is 16.7. The number of nitrogens with one attached hydrogen (secondary N) is 1. The maximum atomic E-state index is 9.41. The van der Waals surface area contributed by atoms with Gasteiger partial charge in [0.25, 0.3) is 0 Å². The van der Waals surface area contributed by atoms with Gasteiger partial charge in [-0.1, -0.05) is 45.7 Å². The van der Waals surface area contributed by atoms with Crippen LogP contribution in [0.25, 0.3) is 16.8 Å². The van der Waals surface area contributed by atoms with Gasteiger partial charge in [0.05, 0.1) is 5.69 Å². The maximum absolute atomic E-state index is 9.41. The van der Waals surface area contributed by atoms with Gasteiger partial charge in [-0.25, -0.2) is 4.98 Å². The third-order valence-corrected chi connectivity index (χ3v) is 4.82. The Hall–Kier alpha value is -2.13. The van der Waals surface area contributed by atoms with Crippen molar-refractivity contribution in [3.63, 3.8) is 0 Å². The maximum Gasteiger partial charge on any atom is 0.136 e. The third kappa shape index (κ3) is 4.04. The van der Waals surface area contributed by atoms with Crippen LogP contribution in [0.3, 0.4) is 0 Å². The molecular formula is C18H11BrClN3S. The summed E-state index contributed by atoms with van der Waals surface area (Å²) in [5, 5.41) is 15.8. The Morgan fingerprint density at radius 1 is 1.25 bits per heavy atom.